The first-order chi connectivity index (χ1) is 15.2. The first-order valence-electron chi connectivity index (χ1n) is 11.7. The molecule has 2 atom stereocenters. The second kappa shape index (κ2) is 10.6. The van der Waals surface area contributed by atoms with E-state index in [0.29, 0.717) is 13.1 Å². The van der Waals surface area contributed by atoms with Crippen LogP contribution in [0.4, 0.5) is 0 Å². The van der Waals surface area contributed by atoms with E-state index < -0.39 is 0 Å². The summed E-state index contributed by atoms with van der Waals surface area (Å²) < 4.78 is 0. The zero-order valence-corrected chi connectivity index (χ0v) is 18.3. The second-order valence-corrected chi connectivity index (χ2v) is 8.89. The molecule has 1 aliphatic heterocycles. The summed E-state index contributed by atoms with van der Waals surface area (Å²) >= 11 is 0. The van der Waals surface area contributed by atoms with E-state index in [0.717, 1.165) is 63.6 Å². The SMILES string of the molecule is O=C([C@H]1CCCC[C@H]1C(=O)N1CCCC1)N(CCc1ccccc1)Cc1cccnc1. The smallest absolute Gasteiger partial charge is 0.226 e. The van der Waals surface area contributed by atoms with Gasteiger partial charge in [0.25, 0.3) is 0 Å². The number of likely N-dealkylation sites (tertiary alicyclic amines) is 1. The minimum Gasteiger partial charge on any atom is -0.342 e. The quantitative estimate of drug-likeness (QED) is 0.679. The molecule has 5 nitrogen and oxygen atoms in total. The van der Waals surface area contributed by atoms with Crippen molar-refractivity contribution in [1.29, 1.82) is 0 Å². The molecule has 4 rings (SSSR count). The van der Waals surface area contributed by atoms with Gasteiger partial charge in [-0.2, -0.15) is 0 Å². The van der Waals surface area contributed by atoms with E-state index in [1.165, 1.54) is 5.56 Å². The van der Waals surface area contributed by atoms with Crippen molar-refractivity contribution < 1.29 is 9.59 Å². The molecule has 1 aromatic carbocycles. The molecule has 2 aromatic rings. The summed E-state index contributed by atoms with van der Waals surface area (Å²) in [5.74, 6) is -0.0151. The molecule has 164 valence electrons. The topological polar surface area (TPSA) is 53.5 Å². The fourth-order valence-electron chi connectivity index (χ4n) is 5.02. The molecule has 0 N–H and O–H groups in total. The molecule has 0 unspecified atom stereocenters. The van der Waals surface area contributed by atoms with Gasteiger partial charge in [-0.1, -0.05) is 49.2 Å². The van der Waals surface area contributed by atoms with E-state index in [2.05, 4.69) is 17.1 Å². The van der Waals surface area contributed by atoms with Crippen LogP contribution < -0.4 is 0 Å². The van der Waals surface area contributed by atoms with Gasteiger partial charge in [0.15, 0.2) is 0 Å². The Hall–Kier alpha value is -2.69. The van der Waals surface area contributed by atoms with Crippen molar-refractivity contribution in [3.05, 3.63) is 66.0 Å². The molecule has 2 heterocycles. The first-order valence-corrected chi connectivity index (χ1v) is 11.7. The van der Waals surface area contributed by atoms with E-state index in [9.17, 15) is 9.59 Å². The number of hydrogen-bond donors (Lipinski definition) is 0. The minimum atomic E-state index is -0.200. The molecule has 1 aromatic heterocycles. The zero-order chi connectivity index (χ0) is 21.5. The highest BCUT2D eigenvalue weighted by atomic mass is 16.2. The first kappa shape index (κ1) is 21.5. The number of hydrogen-bond acceptors (Lipinski definition) is 3. The standard InChI is InChI=1S/C26H33N3O2/c30-25(28-16-6-7-17-28)23-12-4-5-13-24(23)26(31)29(20-22-11-8-15-27-19-22)18-14-21-9-2-1-3-10-21/h1-3,8-11,15,19,23-24H,4-7,12-14,16-18,20H2/t23-,24+/m1/s1. The van der Waals surface area contributed by atoms with E-state index in [1.54, 1.807) is 6.20 Å². The molecule has 1 saturated heterocycles. The molecular formula is C26H33N3O2. The van der Waals surface area contributed by atoms with Gasteiger partial charge in [0.05, 0.1) is 0 Å². The van der Waals surface area contributed by atoms with Crippen molar-refractivity contribution in [2.45, 2.75) is 51.5 Å². The Kier molecular flexibility index (Phi) is 7.34. The lowest BCUT2D eigenvalue weighted by Gasteiger charge is -2.36. The fourth-order valence-corrected chi connectivity index (χ4v) is 5.02. The highest BCUT2D eigenvalue weighted by Gasteiger charge is 2.40. The summed E-state index contributed by atoms with van der Waals surface area (Å²) in [5, 5.41) is 0. The summed E-state index contributed by atoms with van der Waals surface area (Å²) in [6, 6.07) is 14.2. The van der Waals surface area contributed by atoms with Gasteiger partial charge in [0.1, 0.15) is 0 Å². The second-order valence-electron chi connectivity index (χ2n) is 8.89. The molecule has 2 aliphatic rings. The number of carbonyl (C=O) groups is 2. The van der Waals surface area contributed by atoms with Gasteiger partial charge in [-0.25, -0.2) is 0 Å². The van der Waals surface area contributed by atoms with Crippen LogP contribution >= 0.6 is 0 Å². The molecule has 2 amide bonds. The number of nitrogens with zero attached hydrogens (tertiary/aromatic N) is 3. The highest BCUT2D eigenvalue weighted by molar-refractivity contribution is 5.88. The van der Waals surface area contributed by atoms with Crippen molar-refractivity contribution in [1.82, 2.24) is 14.8 Å². The van der Waals surface area contributed by atoms with Gasteiger partial charge >= 0.3 is 0 Å². The maximum Gasteiger partial charge on any atom is 0.226 e. The Bertz CT molecular complexity index is 849. The molecule has 0 spiro atoms. The van der Waals surface area contributed by atoms with Crippen LogP contribution in [-0.2, 0) is 22.6 Å². The van der Waals surface area contributed by atoms with E-state index >= 15 is 0 Å². The number of amides is 2. The molecule has 31 heavy (non-hydrogen) atoms. The number of rotatable bonds is 7. The van der Waals surface area contributed by atoms with Crippen molar-refractivity contribution in [2.24, 2.45) is 11.8 Å². The van der Waals surface area contributed by atoms with Gasteiger partial charge < -0.3 is 9.80 Å². The molecule has 1 saturated carbocycles. The van der Waals surface area contributed by atoms with Crippen LogP contribution in [0.2, 0.25) is 0 Å². The monoisotopic (exact) mass is 419 g/mol. The van der Waals surface area contributed by atoms with Gasteiger partial charge in [-0.3, -0.25) is 14.6 Å². The van der Waals surface area contributed by atoms with Crippen LogP contribution in [0.5, 0.6) is 0 Å². The van der Waals surface area contributed by atoms with Crippen LogP contribution in [-0.4, -0.2) is 46.2 Å². The van der Waals surface area contributed by atoms with Crippen molar-refractivity contribution in [3.63, 3.8) is 0 Å². The lowest BCUT2D eigenvalue weighted by atomic mass is 9.77. The summed E-state index contributed by atoms with van der Waals surface area (Å²) in [7, 11) is 0. The lowest BCUT2D eigenvalue weighted by Crippen LogP contribution is -2.46. The molecule has 0 bridgehead atoms. The van der Waals surface area contributed by atoms with Crippen molar-refractivity contribution in [2.75, 3.05) is 19.6 Å². The zero-order valence-electron chi connectivity index (χ0n) is 18.3. The molecule has 2 fully saturated rings. The van der Waals surface area contributed by atoms with E-state index in [4.69, 9.17) is 0 Å². The Morgan fingerprint density at radius 3 is 2.32 bits per heavy atom. The number of benzene rings is 1. The summed E-state index contributed by atoms with van der Waals surface area (Å²) in [4.78, 5) is 35.2. The Labute approximate surface area is 185 Å². The lowest BCUT2D eigenvalue weighted by molar-refractivity contribution is -0.148. The van der Waals surface area contributed by atoms with E-state index in [1.807, 2.05) is 46.3 Å². The number of aromatic nitrogens is 1. The third kappa shape index (κ3) is 5.52. The minimum absolute atomic E-state index is 0.136. The predicted octanol–water partition coefficient (Wildman–Crippen LogP) is 4.08. The fraction of sp³-hybridized carbons (Fsp3) is 0.500. The van der Waals surface area contributed by atoms with Gasteiger partial charge in [-0.15, -0.1) is 0 Å². The maximum absolute atomic E-state index is 13.8. The molecule has 0 radical (unpaired) electrons. The summed E-state index contributed by atoms with van der Waals surface area (Å²) in [6.45, 7) is 2.90. The van der Waals surface area contributed by atoms with Crippen LogP contribution in [0.25, 0.3) is 0 Å². The average Bonchev–Trinajstić information content (AvgIpc) is 3.37. The molecule has 5 heteroatoms. The Morgan fingerprint density at radius 1 is 0.903 bits per heavy atom. The van der Waals surface area contributed by atoms with Crippen LogP contribution in [0.3, 0.4) is 0 Å². The largest absolute Gasteiger partial charge is 0.342 e. The molecule has 1 aliphatic carbocycles. The van der Waals surface area contributed by atoms with Crippen molar-refractivity contribution >= 4 is 11.8 Å². The van der Waals surface area contributed by atoms with Crippen LogP contribution in [0.1, 0.15) is 49.7 Å². The predicted molar refractivity (Wildman–Crippen MR) is 121 cm³/mol. The van der Waals surface area contributed by atoms with Gasteiger partial charge in [0, 0.05) is 50.4 Å². The highest BCUT2D eigenvalue weighted by Crippen LogP contribution is 2.34. The van der Waals surface area contributed by atoms with E-state index in [-0.39, 0.29) is 23.7 Å². The normalized spacial score (nSPS) is 21.1. The van der Waals surface area contributed by atoms with Gasteiger partial charge in [-0.05, 0) is 49.3 Å². The number of pyridine rings is 1. The summed E-state index contributed by atoms with van der Waals surface area (Å²) in [5.41, 5.74) is 2.25. The Morgan fingerprint density at radius 2 is 1.61 bits per heavy atom. The molecular weight excluding hydrogens is 386 g/mol. The van der Waals surface area contributed by atoms with Crippen LogP contribution in [0, 0.1) is 11.8 Å². The average molecular weight is 420 g/mol. The third-order valence-electron chi connectivity index (χ3n) is 6.74. The Balaban J connectivity index is 1.51. The number of carbonyl (C=O) groups excluding carboxylic acids is 2. The van der Waals surface area contributed by atoms with Gasteiger partial charge in [0.2, 0.25) is 11.8 Å². The third-order valence-corrected chi connectivity index (χ3v) is 6.74. The van der Waals surface area contributed by atoms with Crippen LogP contribution in [0.15, 0.2) is 54.9 Å². The summed E-state index contributed by atoms with van der Waals surface area (Å²) in [6.07, 6.45) is 10.3. The van der Waals surface area contributed by atoms with Crippen molar-refractivity contribution in [3.8, 4) is 0 Å². The maximum atomic E-state index is 13.8.